The van der Waals surface area contributed by atoms with E-state index in [1.165, 1.54) is 0 Å². The summed E-state index contributed by atoms with van der Waals surface area (Å²) in [5, 5.41) is 4.19. The first-order chi connectivity index (χ1) is 4.24. The number of nitrogens with zero attached hydrogens (tertiary/aromatic N) is 2. The number of aromatic nitrogens is 2. The van der Waals surface area contributed by atoms with E-state index in [4.69, 9.17) is 0 Å². The second-order valence-corrected chi connectivity index (χ2v) is 2.14. The molecule has 0 fully saturated rings. The van der Waals surface area contributed by atoms with Gasteiger partial charge in [-0.05, 0) is 26.3 Å². The van der Waals surface area contributed by atoms with Crippen molar-refractivity contribution in [1.29, 1.82) is 0 Å². The molecule has 0 aliphatic carbocycles. The Bertz CT molecular complexity index is 181. The zero-order valence-electron chi connectivity index (χ0n) is 6.10. The highest BCUT2D eigenvalue weighted by Gasteiger charge is 1.96. The first-order valence-corrected chi connectivity index (χ1v) is 3.17. The third-order valence-electron chi connectivity index (χ3n) is 1.41. The maximum Gasteiger partial charge on any atom is 0.0897 e. The summed E-state index contributed by atoms with van der Waals surface area (Å²) in [6.07, 6.45) is 3.10. The molecule has 1 rings (SSSR count). The lowest BCUT2D eigenvalue weighted by molar-refractivity contribution is 0.648. The fourth-order valence-electron chi connectivity index (χ4n) is 0.705. The van der Waals surface area contributed by atoms with Gasteiger partial charge in [0.15, 0.2) is 0 Å². The van der Waals surface area contributed by atoms with Gasteiger partial charge in [0.25, 0.3) is 0 Å². The lowest BCUT2D eigenvalue weighted by Crippen LogP contribution is -1.93. The minimum Gasteiger partial charge on any atom is -0.263 e. The van der Waals surface area contributed by atoms with E-state index in [2.05, 4.69) is 18.2 Å². The van der Waals surface area contributed by atoms with Crippen LogP contribution in [0.5, 0.6) is 0 Å². The standard InChI is InChI=1S/C7H11N2/c1-4-9-5-6(2)7(3)8-9/h4H2,1-3H3. The molecule has 9 heavy (non-hydrogen) atoms. The van der Waals surface area contributed by atoms with E-state index in [0.29, 0.717) is 0 Å². The zero-order valence-corrected chi connectivity index (χ0v) is 6.10. The van der Waals surface area contributed by atoms with Crippen molar-refractivity contribution in [2.45, 2.75) is 27.3 Å². The smallest absolute Gasteiger partial charge is 0.0897 e. The highest BCUT2D eigenvalue weighted by Crippen LogP contribution is 2.00. The molecule has 1 aromatic heterocycles. The fraction of sp³-hybridized carbons (Fsp3) is 0.571. The summed E-state index contributed by atoms with van der Waals surface area (Å²) < 4.78 is 1.82. The van der Waals surface area contributed by atoms with E-state index < -0.39 is 0 Å². The molecule has 0 saturated carbocycles. The van der Waals surface area contributed by atoms with Crippen LogP contribution in [0.15, 0.2) is 0 Å². The summed E-state index contributed by atoms with van der Waals surface area (Å²) in [7, 11) is 0. The Kier molecular flexibility index (Phi) is 1.56. The number of hydrogen-bond donors (Lipinski definition) is 0. The Hall–Kier alpha value is -0.790. The number of aryl methyl sites for hydroxylation is 3. The predicted molar refractivity (Wildman–Crippen MR) is 36.2 cm³/mol. The molecule has 1 radical (unpaired) electrons. The molecule has 2 nitrogen and oxygen atoms in total. The van der Waals surface area contributed by atoms with Gasteiger partial charge in [0.2, 0.25) is 0 Å². The van der Waals surface area contributed by atoms with Crippen molar-refractivity contribution in [3.63, 3.8) is 0 Å². The van der Waals surface area contributed by atoms with Crippen molar-refractivity contribution in [3.05, 3.63) is 17.5 Å². The molecule has 0 N–H and O–H groups in total. The summed E-state index contributed by atoms with van der Waals surface area (Å²) >= 11 is 0. The zero-order chi connectivity index (χ0) is 6.85. The Morgan fingerprint density at radius 3 is 2.44 bits per heavy atom. The molecule has 1 aromatic rings. The topological polar surface area (TPSA) is 17.8 Å². The largest absolute Gasteiger partial charge is 0.263 e. The summed E-state index contributed by atoms with van der Waals surface area (Å²) in [5.74, 6) is 0. The van der Waals surface area contributed by atoms with Crippen LogP contribution in [0.4, 0.5) is 0 Å². The molecule has 0 aliphatic heterocycles. The van der Waals surface area contributed by atoms with Gasteiger partial charge in [0, 0.05) is 6.54 Å². The summed E-state index contributed by atoms with van der Waals surface area (Å²) in [6.45, 7) is 6.99. The van der Waals surface area contributed by atoms with Crippen LogP contribution in [0.1, 0.15) is 18.2 Å². The summed E-state index contributed by atoms with van der Waals surface area (Å²) in [5.41, 5.74) is 2.23. The maximum atomic E-state index is 4.19. The van der Waals surface area contributed by atoms with Gasteiger partial charge in [-0.25, -0.2) is 0 Å². The molecule has 0 bridgehead atoms. The molecule has 0 aromatic carbocycles. The second kappa shape index (κ2) is 2.21. The van der Waals surface area contributed by atoms with Crippen LogP contribution in [-0.4, -0.2) is 9.78 Å². The van der Waals surface area contributed by atoms with Gasteiger partial charge in [0.1, 0.15) is 0 Å². The lowest BCUT2D eigenvalue weighted by atomic mass is 10.3. The third-order valence-corrected chi connectivity index (χ3v) is 1.41. The number of rotatable bonds is 1. The Morgan fingerprint density at radius 2 is 2.22 bits per heavy atom. The van der Waals surface area contributed by atoms with E-state index >= 15 is 0 Å². The maximum absolute atomic E-state index is 4.19. The fourth-order valence-corrected chi connectivity index (χ4v) is 0.705. The molecule has 0 spiro atoms. The van der Waals surface area contributed by atoms with Crippen LogP contribution in [0.2, 0.25) is 0 Å². The SMILES string of the molecule is CCn1[c]c(C)c(C)n1. The van der Waals surface area contributed by atoms with Crippen LogP contribution in [-0.2, 0) is 6.54 Å². The van der Waals surface area contributed by atoms with Crippen molar-refractivity contribution in [1.82, 2.24) is 9.78 Å². The van der Waals surface area contributed by atoms with Crippen molar-refractivity contribution in [2.75, 3.05) is 0 Å². The van der Waals surface area contributed by atoms with E-state index in [0.717, 1.165) is 17.8 Å². The molecular formula is C7H11N2. The van der Waals surface area contributed by atoms with E-state index in [-0.39, 0.29) is 0 Å². The minimum atomic E-state index is 0.911. The summed E-state index contributed by atoms with van der Waals surface area (Å²) in [4.78, 5) is 0. The van der Waals surface area contributed by atoms with Gasteiger partial charge >= 0.3 is 0 Å². The van der Waals surface area contributed by atoms with E-state index in [9.17, 15) is 0 Å². The average Bonchev–Trinajstić information content (AvgIpc) is 2.13. The van der Waals surface area contributed by atoms with Crippen LogP contribution >= 0.6 is 0 Å². The van der Waals surface area contributed by atoms with Crippen LogP contribution in [0, 0.1) is 20.0 Å². The van der Waals surface area contributed by atoms with Crippen molar-refractivity contribution < 1.29 is 0 Å². The van der Waals surface area contributed by atoms with Crippen molar-refractivity contribution >= 4 is 0 Å². The lowest BCUT2D eigenvalue weighted by Gasteiger charge is -1.88. The Labute approximate surface area is 55.5 Å². The minimum absolute atomic E-state index is 0.911. The van der Waals surface area contributed by atoms with Crippen molar-refractivity contribution in [2.24, 2.45) is 0 Å². The normalized spacial score (nSPS) is 10.1. The molecule has 1 heterocycles. The Balaban J connectivity index is 2.98. The third kappa shape index (κ3) is 1.12. The molecule has 2 heteroatoms. The molecule has 0 aliphatic rings. The highest BCUT2D eigenvalue weighted by atomic mass is 15.3. The molecule has 49 valence electrons. The molecule has 0 amide bonds. The van der Waals surface area contributed by atoms with E-state index in [1.807, 2.05) is 18.5 Å². The molecular weight excluding hydrogens is 112 g/mol. The van der Waals surface area contributed by atoms with Crippen LogP contribution < -0.4 is 0 Å². The van der Waals surface area contributed by atoms with Gasteiger partial charge in [-0.3, -0.25) is 4.68 Å². The van der Waals surface area contributed by atoms with Crippen LogP contribution in [0.3, 0.4) is 0 Å². The first-order valence-electron chi connectivity index (χ1n) is 3.17. The van der Waals surface area contributed by atoms with Gasteiger partial charge in [-0.15, -0.1) is 0 Å². The van der Waals surface area contributed by atoms with Gasteiger partial charge in [0.05, 0.1) is 11.9 Å². The molecule has 0 saturated heterocycles. The Morgan fingerprint density at radius 1 is 1.56 bits per heavy atom. The predicted octanol–water partition coefficient (Wildman–Crippen LogP) is 1.32. The van der Waals surface area contributed by atoms with Gasteiger partial charge in [-0.1, -0.05) is 0 Å². The molecule has 0 atom stereocenters. The second-order valence-electron chi connectivity index (χ2n) is 2.14. The van der Waals surface area contributed by atoms with Gasteiger partial charge < -0.3 is 0 Å². The van der Waals surface area contributed by atoms with E-state index in [1.54, 1.807) is 0 Å². The monoisotopic (exact) mass is 123 g/mol. The number of hydrogen-bond acceptors (Lipinski definition) is 1. The van der Waals surface area contributed by atoms with Gasteiger partial charge in [-0.2, -0.15) is 5.10 Å². The molecule has 0 unspecified atom stereocenters. The quantitative estimate of drug-likeness (QED) is 0.550. The first kappa shape index (κ1) is 6.33. The van der Waals surface area contributed by atoms with Crippen molar-refractivity contribution in [3.8, 4) is 0 Å². The highest BCUT2D eigenvalue weighted by molar-refractivity contribution is 5.10. The van der Waals surface area contributed by atoms with Crippen LogP contribution in [0.25, 0.3) is 0 Å². The average molecular weight is 123 g/mol. The summed E-state index contributed by atoms with van der Waals surface area (Å²) in [6, 6.07) is 0.